The summed E-state index contributed by atoms with van der Waals surface area (Å²) in [5.41, 5.74) is 2.21. The second-order valence-electron chi connectivity index (χ2n) is 5.57. The van der Waals surface area contributed by atoms with E-state index in [0.717, 1.165) is 31.4 Å². The van der Waals surface area contributed by atoms with Gasteiger partial charge in [-0.15, -0.1) is 0 Å². The van der Waals surface area contributed by atoms with Crippen molar-refractivity contribution in [2.45, 2.75) is 38.6 Å². The van der Waals surface area contributed by atoms with Gasteiger partial charge in [-0.25, -0.2) is 0 Å². The number of carbonyl (C=O) groups excluding carboxylic acids is 1. The van der Waals surface area contributed by atoms with Crippen molar-refractivity contribution in [2.75, 3.05) is 19.0 Å². The lowest BCUT2D eigenvalue weighted by Gasteiger charge is -2.30. The largest absolute Gasteiger partial charge is 0.317 e. The van der Waals surface area contributed by atoms with Crippen LogP contribution in [-0.4, -0.2) is 26.0 Å². The number of hydrogen-bond acceptors (Lipinski definition) is 2. The molecular weight excluding hydrogens is 236 g/mol. The van der Waals surface area contributed by atoms with E-state index in [2.05, 4.69) is 24.4 Å². The molecule has 1 aliphatic rings. The van der Waals surface area contributed by atoms with E-state index < -0.39 is 0 Å². The van der Waals surface area contributed by atoms with Crippen molar-refractivity contribution in [3.8, 4) is 0 Å². The number of nitrogens with one attached hydrogen (secondary N) is 1. The Kier molecular flexibility index (Phi) is 4.59. The predicted molar refractivity (Wildman–Crippen MR) is 79.4 cm³/mol. The number of hydrogen-bond donors (Lipinski definition) is 1. The van der Waals surface area contributed by atoms with Crippen LogP contribution in [0.1, 0.15) is 31.2 Å². The highest BCUT2D eigenvalue weighted by Gasteiger charge is 2.27. The fourth-order valence-electron chi connectivity index (χ4n) is 2.80. The molecule has 104 valence electrons. The van der Waals surface area contributed by atoms with Gasteiger partial charge in [-0.05, 0) is 51.8 Å². The molecule has 3 heteroatoms. The fraction of sp³-hybridized carbons (Fsp3) is 0.562. The first kappa shape index (κ1) is 14.1. The van der Waals surface area contributed by atoms with Gasteiger partial charge in [0, 0.05) is 24.7 Å². The number of amides is 1. The Morgan fingerprint density at radius 2 is 1.74 bits per heavy atom. The first-order chi connectivity index (χ1) is 9.11. The van der Waals surface area contributed by atoms with Gasteiger partial charge in [-0.3, -0.25) is 4.79 Å². The number of rotatable bonds is 3. The summed E-state index contributed by atoms with van der Waals surface area (Å²) in [6, 6.07) is 8.74. The Labute approximate surface area is 116 Å². The summed E-state index contributed by atoms with van der Waals surface area (Å²) >= 11 is 0. The van der Waals surface area contributed by atoms with Gasteiger partial charge in [-0.1, -0.05) is 17.7 Å². The van der Waals surface area contributed by atoms with Crippen LogP contribution in [-0.2, 0) is 4.79 Å². The number of nitrogens with zero attached hydrogens (tertiary/aromatic N) is 1. The molecule has 1 N–H and O–H groups in total. The predicted octanol–water partition coefficient (Wildman–Crippen LogP) is 2.74. The van der Waals surface area contributed by atoms with Crippen molar-refractivity contribution in [3.05, 3.63) is 29.8 Å². The molecule has 0 aliphatic heterocycles. The molecule has 1 aromatic rings. The van der Waals surface area contributed by atoms with Crippen LogP contribution in [0, 0.1) is 12.8 Å². The third-order valence-corrected chi connectivity index (χ3v) is 4.24. The topological polar surface area (TPSA) is 32.3 Å². The van der Waals surface area contributed by atoms with Crippen molar-refractivity contribution >= 4 is 11.6 Å². The van der Waals surface area contributed by atoms with E-state index in [9.17, 15) is 4.79 Å². The van der Waals surface area contributed by atoms with Crippen LogP contribution >= 0.6 is 0 Å². The third-order valence-electron chi connectivity index (χ3n) is 4.24. The molecule has 19 heavy (non-hydrogen) atoms. The fourth-order valence-corrected chi connectivity index (χ4v) is 2.80. The second-order valence-corrected chi connectivity index (χ2v) is 5.57. The molecule has 0 atom stereocenters. The maximum Gasteiger partial charge on any atom is 0.229 e. The van der Waals surface area contributed by atoms with Gasteiger partial charge in [0.15, 0.2) is 0 Å². The highest BCUT2D eigenvalue weighted by molar-refractivity contribution is 5.94. The average molecular weight is 260 g/mol. The van der Waals surface area contributed by atoms with Crippen LogP contribution in [0.4, 0.5) is 5.69 Å². The second kappa shape index (κ2) is 6.20. The molecule has 1 aliphatic carbocycles. The van der Waals surface area contributed by atoms with Crippen molar-refractivity contribution in [2.24, 2.45) is 5.92 Å². The zero-order valence-corrected chi connectivity index (χ0v) is 12.1. The molecule has 2 rings (SSSR count). The Morgan fingerprint density at radius 1 is 1.16 bits per heavy atom. The third kappa shape index (κ3) is 3.35. The standard InChI is InChI=1S/C16H24N2O/c1-12-4-10-15(11-5-12)18(3)16(19)13-6-8-14(17-2)9-7-13/h4-5,10-11,13-14,17H,6-9H2,1-3H3. The normalized spacial score (nSPS) is 23.1. The monoisotopic (exact) mass is 260 g/mol. The summed E-state index contributed by atoms with van der Waals surface area (Å²) in [5.74, 6) is 0.453. The van der Waals surface area contributed by atoms with Crippen LogP contribution < -0.4 is 10.2 Å². The van der Waals surface area contributed by atoms with E-state index in [1.165, 1.54) is 5.56 Å². The lowest BCUT2D eigenvalue weighted by Crippen LogP contribution is -2.38. The van der Waals surface area contributed by atoms with Crippen LogP contribution in [0.5, 0.6) is 0 Å². The van der Waals surface area contributed by atoms with Gasteiger partial charge in [0.1, 0.15) is 0 Å². The first-order valence-corrected chi connectivity index (χ1v) is 7.13. The molecule has 1 aromatic carbocycles. The van der Waals surface area contributed by atoms with Crippen LogP contribution in [0.25, 0.3) is 0 Å². The van der Waals surface area contributed by atoms with Crippen molar-refractivity contribution in [1.29, 1.82) is 0 Å². The average Bonchev–Trinajstić information content (AvgIpc) is 2.46. The Balaban J connectivity index is 1.98. The molecule has 0 bridgehead atoms. The molecule has 3 nitrogen and oxygen atoms in total. The number of benzene rings is 1. The van der Waals surface area contributed by atoms with Crippen LogP contribution in [0.15, 0.2) is 24.3 Å². The zero-order valence-electron chi connectivity index (χ0n) is 12.1. The minimum atomic E-state index is 0.191. The highest BCUT2D eigenvalue weighted by Crippen LogP contribution is 2.27. The van der Waals surface area contributed by atoms with E-state index in [-0.39, 0.29) is 11.8 Å². The number of anilines is 1. The van der Waals surface area contributed by atoms with E-state index >= 15 is 0 Å². The number of aryl methyl sites for hydroxylation is 1. The van der Waals surface area contributed by atoms with Crippen molar-refractivity contribution < 1.29 is 4.79 Å². The Hall–Kier alpha value is -1.35. The lowest BCUT2D eigenvalue weighted by atomic mass is 9.85. The quantitative estimate of drug-likeness (QED) is 0.906. The van der Waals surface area contributed by atoms with Gasteiger partial charge in [0.25, 0.3) is 0 Å². The van der Waals surface area contributed by atoms with Gasteiger partial charge in [0.2, 0.25) is 5.91 Å². The summed E-state index contributed by atoms with van der Waals surface area (Å²) in [4.78, 5) is 14.3. The maximum absolute atomic E-state index is 12.5. The molecule has 1 fully saturated rings. The minimum absolute atomic E-state index is 0.191. The molecule has 0 radical (unpaired) electrons. The zero-order chi connectivity index (χ0) is 13.8. The molecule has 0 saturated heterocycles. The van der Waals surface area contributed by atoms with Gasteiger partial charge in [0.05, 0.1) is 0 Å². The van der Waals surface area contributed by atoms with Gasteiger partial charge >= 0.3 is 0 Å². The van der Waals surface area contributed by atoms with Gasteiger partial charge in [-0.2, -0.15) is 0 Å². The Bertz CT molecular complexity index is 419. The summed E-state index contributed by atoms with van der Waals surface area (Å²) in [6.45, 7) is 2.06. The van der Waals surface area contributed by atoms with Gasteiger partial charge < -0.3 is 10.2 Å². The minimum Gasteiger partial charge on any atom is -0.317 e. The first-order valence-electron chi connectivity index (χ1n) is 7.13. The van der Waals surface area contributed by atoms with Crippen LogP contribution in [0.3, 0.4) is 0 Å². The SMILES string of the molecule is CNC1CCC(C(=O)N(C)c2ccc(C)cc2)CC1. The highest BCUT2D eigenvalue weighted by atomic mass is 16.2. The maximum atomic E-state index is 12.5. The molecule has 0 unspecified atom stereocenters. The molecule has 0 aromatic heterocycles. The summed E-state index contributed by atoms with van der Waals surface area (Å²) in [5, 5.41) is 3.31. The van der Waals surface area contributed by atoms with E-state index in [1.54, 1.807) is 0 Å². The van der Waals surface area contributed by atoms with E-state index in [0.29, 0.717) is 6.04 Å². The molecule has 1 saturated carbocycles. The van der Waals surface area contributed by atoms with E-state index in [1.807, 2.05) is 31.1 Å². The number of carbonyl (C=O) groups is 1. The van der Waals surface area contributed by atoms with Crippen LogP contribution in [0.2, 0.25) is 0 Å². The van der Waals surface area contributed by atoms with Crippen molar-refractivity contribution in [3.63, 3.8) is 0 Å². The van der Waals surface area contributed by atoms with E-state index in [4.69, 9.17) is 0 Å². The molecule has 0 spiro atoms. The summed E-state index contributed by atoms with van der Waals surface area (Å²) in [7, 11) is 3.89. The molecule has 0 heterocycles. The lowest BCUT2D eigenvalue weighted by molar-refractivity contribution is -0.123. The molecular formula is C16H24N2O. The van der Waals surface area contributed by atoms with Crippen molar-refractivity contribution in [1.82, 2.24) is 5.32 Å². The summed E-state index contributed by atoms with van der Waals surface area (Å²) < 4.78 is 0. The smallest absolute Gasteiger partial charge is 0.229 e. The molecule has 1 amide bonds. The Morgan fingerprint density at radius 3 is 2.26 bits per heavy atom. The summed E-state index contributed by atoms with van der Waals surface area (Å²) in [6.07, 6.45) is 4.21.